The predicted molar refractivity (Wildman–Crippen MR) is 57.6 cm³/mol. The number of nitrogens with two attached hydrogens (primary N) is 1. The van der Waals surface area contributed by atoms with Crippen LogP contribution in [-0.4, -0.2) is 14.7 Å². The van der Waals surface area contributed by atoms with Crippen molar-refractivity contribution in [2.75, 3.05) is 5.73 Å². The van der Waals surface area contributed by atoms with E-state index in [-0.39, 0.29) is 17.5 Å². The van der Waals surface area contributed by atoms with Crippen molar-refractivity contribution in [3.8, 4) is 0 Å². The molecule has 0 saturated carbocycles. The van der Waals surface area contributed by atoms with Crippen molar-refractivity contribution in [3.63, 3.8) is 0 Å². The van der Waals surface area contributed by atoms with E-state index in [0.717, 1.165) is 12.8 Å². The number of nitrogens with zero attached hydrogens (tertiary/aromatic N) is 3. The van der Waals surface area contributed by atoms with E-state index in [4.69, 9.17) is 5.73 Å². The number of hydrogen-bond donors (Lipinski definition) is 1. The Labute approximate surface area is 88.2 Å². The molecule has 15 heavy (non-hydrogen) atoms. The van der Waals surface area contributed by atoms with Gasteiger partial charge in [-0.15, -0.1) is 0 Å². The molecular weight excluding hydrogens is 196 g/mol. The lowest BCUT2D eigenvalue weighted by Crippen LogP contribution is -2.10. The quantitative estimate of drug-likeness (QED) is 0.611. The van der Waals surface area contributed by atoms with Crippen molar-refractivity contribution in [3.05, 3.63) is 15.8 Å². The van der Waals surface area contributed by atoms with Crippen LogP contribution >= 0.6 is 0 Å². The first-order valence-electron chi connectivity index (χ1n) is 4.98. The summed E-state index contributed by atoms with van der Waals surface area (Å²) < 4.78 is 1.54. The highest BCUT2D eigenvalue weighted by Crippen LogP contribution is 2.28. The minimum Gasteiger partial charge on any atom is -0.378 e. The van der Waals surface area contributed by atoms with Gasteiger partial charge in [-0.25, -0.2) is 4.68 Å². The van der Waals surface area contributed by atoms with Gasteiger partial charge in [-0.3, -0.25) is 10.1 Å². The van der Waals surface area contributed by atoms with Gasteiger partial charge in [-0.1, -0.05) is 13.3 Å². The summed E-state index contributed by atoms with van der Waals surface area (Å²) in [4.78, 5) is 10.2. The Morgan fingerprint density at radius 3 is 2.67 bits per heavy atom. The lowest BCUT2D eigenvalue weighted by Gasteiger charge is -2.11. The van der Waals surface area contributed by atoms with E-state index < -0.39 is 4.92 Å². The van der Waals surface area contributed by atoms with Crippen LogP contribution in [-0.2, 0) is 0 Å². The van der Waals surface area contributed by atoms with Crippen molar-refractivity contribution in [2.24, 2.45) is 0 Å². The average molecular weight is 212 g/mol. The van der Waals surface area contributed by atoms with Crippen molar-refractivity contribution in [2.45, 2.75) is 39.7 Å². The second-order valence-electron chi connectivity index (χ2n) is 3.66. The van der Waals surface area contributed by atoms with E-state index in [0.29, 0.717) is 5.69 Å². The van der Waals surface area contributed by atoms with E-state index in [1.54, 1.807) is 6.92 Å². The van der Waals surface area contributed by atoms with Gasteiger partial charge in [0.1, 0.15) is 5.69 Å². The highest BCUT2D eigenvalue weighted by molar-refractivity contribution is 5.56. The highest BCUT2D eigenvalue weighted by atomic mass is 16.6. The van der Waals surface area contributed by atoms with E-state index in [2.05, 4.69) is 12.0 Å². The van der Waals surface area contributed by atoms with Gasteiger partial charge in [0.2, 0.25) is 5.82 Å². The summed E-state index contributed by atoms with van der Waals surface area (Å²) in [6, 6.07) is 0.0994. The molecule has 1 unspecified atom stereocenters. The van der Waals surface area contributed by atoms with Crippen molar-refractivity contribution < 1.29 is 4.92 Å². The molecule has 0 radical (unpaired) electrons. The zero-order valence-electron chi connectivity index (χ0n) is 9.23. The molecule has 1 aromatic heterocycles. The van der Waals surface area contributed by atoms with Crippen LogP contribution in [0, 0.1) is 17.0 Å². The van der Waals surface area contributed by atoms with E-state index >= 15 is 0 Å². The lowest BCUT2D eigenvalue weighted by molar-refractivity contribution is -0.384. The molecule has 84 valence electrons. The molecule has 0 aliphatic heterocycles. The zero-order chi connectivity index (χ0) is 11.6. The largest absolute Gasteiger partial charge is 0.378 e. The van der Waals surface area contributed by atoms with Gasteiger partial charge in [0, 0.05) is 0 Å². The summed E-state index contributed by atoms with van der Waals surface area (Å²) in [7, 11) is 0. The Morgan fingerprint density at radius 2 is 2.27 bits per heavy atom. The molecule has 6 heteroatoms. The highest BCUT2D eigenvalue weighted by Gasteiger charge is 2.24. The van der Waals surface area contributed by atoms with Crippen LogP contribution in [0.15, 0.2) is 0 Å². The maximum atomic E-state index is 10.7. The molecule has 0 spiro atoms. The van der Waals surface area contributed by atoms with Crippen molar-refractivity contribution in [1.29, 1.82) is 0 Å². The number of aromatic nitrogens is 2. The van der Waals surface area contributed by atoms with Crippen LogP contribution in [0.2, 0.25) is 0 Å². The lowest BCUT2D eigenvalue weighted by atomic mass is 10.2. The number of nitrogen functional groups attached to an aromatic ring is 1. The fourth-order valence-electron chi connectivity index (χ4n) is 1.66. The van der Waals surface area contributed by atoms with Gasteiger partial charge in [0.25, 0.3) is 0 Å². The molecule has 1 atom stereocenters. The molecule has 0 aliphatic rings. The second kappa shape index (κ2) is 4.29. The first kappa shape index (κ1) is 11.5. The van der Waals surface area contributed by atoms with Gasteiger partial charge in [0.15, 0.2) is 0 Å². The van der Waals surface area contributed by atoms with Crippen LogP contribution in [0.3, 0.4) is 0 Å². The molecule has 0 saturated heterocycles. The number of nitro groups is 1. The van der Waals surface area contributed by atoms with Crippen LogP contribution in [0.25, 0.3) is 0 Å². The average Bonchev–Trinajstić information content (AvgIpc) is 2.42. The van der Waals surface area contributed by atoms with Gasteiger partial charge in [-0.2, -0.15) is 5.10 Å². The Bertz CT molecular complexity index is 372. The molecule has 2 N–H and O–H groups in total. The minimum absolute atomic E-state index is 0.0713. The molecular formula is C9H16N4O2. The number of rotatable bonds is 4. The van der Waals surface area contributed by atoms with Crippen LogP contribution < -0.4 is 5.73 Å². The zero-order valence-corrected chi connectivity index (χ0v) is 9.23. The second-order valence-corrected chi connectivity index (χ2v) is 3.66. The van der Waals surface area contributed by atoms with Gasteiger partial charge >= 0.3 is 5.69 Å². The molecule has 1 aromatic rings. The molecule has 6 nitrogen and oxygen atoms in total. The predicted octanol–water partition coefficient (Wildman–Crippen LogP) is 2.04. The first-order chi connectivity index (χ1) is 6.99. The summed E-state index contributed by atoms with van der Waals surface area (Å²) in [5.74, 6) is 0.151. The van der Waals surface area contributed by atoms with Gasteiger partial charge < -0.3 is 5.73 Å². The van der Waals surface area contributed by atoms with E-state index in [1.807, 2.05) is 6.92 Å². The SMILES string of the molecule is CCCC(C)n1nc(C)c([N+](=O)[O-])c1N. The van der Waals surface area contributed by atoms with Gasteiger partial charge in [0.05, 0.1) is 11.0 Å². The third-order valence-corrected chi connectivity index (χ3v) is 2.40. The number of aryl methyl sites for hydroxylation is 1. The standard InChI is InChI=1S/C9H16N4O2/c1-4-5-6(2)12-9(10)8(13(14)15)7(3)11-12/h6H,4-5,10H2,1-3H3. The summed E-state index contributed by atoms with van der Waals surface area (Å²) in [5.41, 5.74) is 6.00. The van der Waals surface area contributed by atoms with E-state index in [1.165, 1.54) is 4.68 Å². The van der Waals surface area contributed by atoms with E-state index in [9.17, 15) is 10.1 Å². The summed E-state index contributed by atoms with van der Waals surface area (Å²) in [5, 5.41) is 14.8. The third-order valence-electron chi connectivity index (χ3n) is 2.40. The molecule has 0 bridgehead atoms. The van der Waals surface area contributed by atoms with Crippen LogP contribution in [0.4, 0.5) is 11.5 Å². The molecule has 1 rings (SSSR count). The van der Waals surface area contributed by atoms with Crippen molar-refractivity contribution >= 4 is 11.5 Å². The fraction of sp³-hybridized carbons (Fsp3) is 0.667. The number of anilines is 1. The minimum atomic E-state index is -0.479. The number of hydrogen-bond acceptors (Lipinski definition) is 4. The topological polar surface area (TPSA) is 87.0 Å². The Kier molecular flexibility index (Phi) is 3.28. The summed E-state index contributed by atoms with van der Waals surface area (Å²) in [6.07, 6.45) is 1.90. The smallest absolute Gasteiger partial charge is 0.333 e. The van der Waals surface area contributed by atoms with Gasteiger partial charge in [-0.05, 0) is 20.3 Å². The normalized spacial score (nSPS) is 12.7. The van der Waals surface area contributed by atoms with Crippen LogP contribution in [0.1, 0.15) is 38.4 Å². The molecule has 0 aliphatic carbocycles. The monoisotopic (exact) mass is 212 g/mol. The Balaban J connectivity index is 3.11. The molecule has 0 aromatic carbocycles. The van der Waals surface area contributed by atoms with Crippen LogP contribution in [0.5, 0.6) is 0 Å². The molecule has 1 heterocycles. The summed E-state index contributed by atoms with van der Waals surface area (Å²) >= 11 is 0. The Hall–Kier alpha value is -1.59. The molecule has 0 amide bonds. The Morgan fingerprint density at radius 1 is 1.67 bits per heavy atom. The van der Waals surface area contributed by atoms with Crippen molar-refractivity contribution in [1.82, 2.24) is 9.78 Å². The molecule has 0 fully saturated rings. The maximum Gasteiger partial charge on any atom is 0.333 e. The fourth-order valence-corrected chi connectivity index (χ4v) is 1.66. The maximum absolute atomic E-state index is 10.7. The summed E-state index contributed by atoms with van der Waals surface area (Å²) in [6.45, 7) is 5.61. The first-order valence-corrected chi connectivity index (χ1v) is 4.98. The third kappa shape index (κ3) is 2.08.